The summed E-state index contributed by atoms with van der Waals surface area (Å²) in [6.45, 7) is 9.08. The van der Waals surface area contributed by atoms with Crippen LogP contribution in [0.4, 0.5) is 23.0 Å². The molecule has 0 spiro atoms. The maximum Gasteiger partial charge on any atom is 0.136 e. The third kappa shape index (κ3) is 5.00. The Balaban J connectivity index is 1.74. The molecule has 0 amide bonds. The Hall–Kier alpha value is -3.08. The van der Waals surface area contributed by atoms with Crippen molar-refractivity contribution >= 4 is 23.0 Å². The zero-order chi connectivity index (χ0) is 19.9. The fourth-order valence-corrected chi connectivity index (χ4v) is 3.24. The zero-order valence-electron chi connectivity index (χ0n) is 17.2. The van der Waals surface area contributed by atoms with E-state index in [0.29, 0.717) is 0 Å². The highest BCUT2D eigenvalue weighted by Crippen LogP contribution is 2.23. The molecular formula is C23H29N5. The molecule has 0 aliphatic rings. The second-order valence-electron chi connectivity index (χ2n) is 6.84. The molecule has 1 N–H and O–H groups in total. The second-order valence-corrected chi connectivity index (χ2v) is 6.84. The fourth-order valence-electron chi connectivity index (χ4n) is 3.24. The van der Waals surface area contributed by atoms with Gasteiger partial charge in [-0.1, -0.05) is 30.3 Å². The highest BCUT2D eigenvalue weighted by Gasteiger charge is 2.08. The maximum atomic E-state index is 4.60. The zero-order valence-corrected chi connectivity index (χ0v) is 17.2. The molecule has 0 unspecified atom stereocenters. The van der Waals surface area contributed by atoms with Crippen molar-refractivity contribution in [1.82, 2.24) is 9.97 Å². The van der Waals surface area contributed by atoms with E-state index in [0.717, 1.165) is 42.8 Å². The molecular weight excluding hydrogens is 346 g/mol. The van der Waals surface area contributed by atoms with Gasteiger partial charge in [-0.3, -0.25) is 0 Å². The maximum absolute atomic E-state index is 4.60. The Bertz CT molecular complexity index is 873. The summed E-state index contributed by atoms with van der Waals surface area (Å²) in [7, 11) is 2.05. The SMILES string of the molecule is CCN(CC)c1ccc(Nc2cc(N(C)Cc3ccccc3)nc(C)n2)cc1. The second kappa shape index (κ2) is 9.22. The summed E-state index contributed by atoms with van der Waals surface area (Å²) in [6, 6.07) is 20.9. The molecule has 0 aliphatic carbocycles. The number of nitrogens with one attached hydrogen (secondary N) is 1. The first-order valence-corrected chi connectivity index (χ1v) is 9.81. The average molecular weight is 376 g/mol. The van der Waals surface area contributed by atoms with Crippen LogP contribution in [-0.4, -0.2) is 30.1 Å². The molecule has 3 rings (SSSR count). The van der Waals surface area contributed by atoms with E-state index in [1.807, 2.05) is 19.1 Å². The number of nitrogens with zero attached hydrogens (tertiary/aromatic N) is 4. The number of aromatic nitrogens is 2. The largest absolute Gasteiger partial charge is 0.372 e. The highest BCUT2D eigenvalue weighted by molar-refractivity contribution is 5.62. The average Bonchev–Trinajstić information content (AvgIpc) is 2.70. The number of hydrogen-bond donors (Lipinski definition) is 1. The molecule has 1 aromatic heterocycles. The van der Waals surface area contributed by atoms with Gasteiger partial charge in [-0.05, 0) is 50.6 Å². The molecule has 0 saturated heterocycles. The smallest absolute Gasteiger partial charge is 0.136 e. The lowest BCUT2D eigenvalue weighted by atomic mass is 10.2. The van der Waals surface area contributed by atoms with Crippen LogP contribution in [0.5, 0.6) is 0 Å². The fraction of sp³-hybridized carbons (Fsp3) is 0.304. The molecule has 5 nitrogen and oxygen atoms in total. The Labute approximate surface area is 168 Å². The predicted octanol–water partition coefficient (Wildman–Crippen LogP) is 5.01. The lowest BCUT2D eigenvalue weighted by molar-refractivity contribution is 0.866. The number of benzene rings is 2. The van der Waals surface area contributed by atoms with Gasteiger partial charge in [-0.2, -0.15) is 0 Å². The summed E-state index contributed by atoms with van der Waals surface area (Å²) in [5.41, 5.74) is 3.51. The number of aryl methyl sites for hydroxylation is 1. The van der Waals surface area contributed by atoms with Crippen molar-refractivity contribution in [3.8, 4) is 0 Å². The van der Waals surface area contributed by atoms with Gasteiger partial charge in [0.15, 0.2) is 0 Å². The Morgan fingerprint density at radius 3 is 2.21 bits per heavy atom. The molecule has 0 atom stereocenters. The number of hydrogen-bond acceptors (Lipinski definition) is 5. The lowest BCUT2D eigenvalue weighted by Crippen LogP contribution is -2.21. The minimum Gasteiger partial charge on any atom is -0.372 e. The van der Waals surface area contributed by atoms with Gasteiger partial charge in [0.25, 0.3) is 0 Å². The van der Waals surface area contributed by atoms with E-state index >= 15 is 0 Å². The monoisotopic (exact) mass is 375 g/mol. The molecule has 0 fully saturated rings. The Morgan fingerprint density at radius 2 is 1.57 bits per heavy atom. The summed E-state index contributed by atoms with van der Waals surface area (Å²) >= 11 is 0. The quantitative estimate of drug-likeness (QED) is 0.599. The van der Waals surface area contributed by atoms with Crippen LogP contribution in [0, 0.1) is 6.92 Å². The van der Waals surface area contributed by atoms with Gasteiger partial charge in [-0.25, -0.2) is 9.97 Å². The van der Waals surface area contributed by atoms with Crippen molar-refractivity contribution in [1.29, 1.82) is 0 Å². The molecule has 0 bridgehead atoms. The van der Waals surface area contributed by atoms with Crippen molar-refractivity contribution in [2.45, 2.75) is 27.3 Å². The summed E-state index contributed by atoms with van der Waals surface area (Å²) in [5.74, 6) is 2.45. The Morgan fingerprint density at radius 1 is 0.893 bits per heavy atom. The van der Waals surface area contributed by atoms with E-state index in [1.165, 1.54) is 11.3 Å². The van der Waals surface area contributed by atoms with Gasteiger partial charge in [0, 0.05) is 44.1 Å². The third-order valence-electron chi connectivity index (χ3n) is 4.75. The van der Waals surface area contributed by atoms with Gasteiger partial charge >= 0.3 is 0 Å². The minimum absolute atomic E-state index is 0.750. The standard InChI is InChI=1S/C23H29N5/c1-5-28(6-2)21-14-12-20(13-15-21)26-22-16-23(25-18(3)24-22)27(4)17-19-10-8-7-9-11-19/h7-16H,5-6,17H2,1-4H3,(H,24,25,26). The van der Waals surface area contributed by atoms with Gasteiger partial charge in [0.2, 0.25) is 0 Å². The molecule has 3 aromatic rings. The summed E-state index contributed by atoms with van der Waals surface area (Å²) in [6.07, 6.45) is 0. The van der Waals surface area contributed by atoms with Gasteiger partial charge < -0.3 is 15.1 Å². The van der Waals surface area contributed by atoms with Gasteiger partial charge in [-0.15, -0.1) is 0 Å². The topological polar surface area (TPSA) is 44.3 Å². The van der Waals surface area contributed by atoms with Crippen LogP contribution < -0.4 is 15.1 Å². The van der Waals surface area contributed by atoms with Crippen molar-refractivity contribution in [2.75, 3.05) is 35.3 Å². The van der Waals surface area contributed by atoms with Crippen molar-refractivity contribution in [3.05, 3.63) is 72.1 Å². The molecule has 0 aliphatic heterocycles. The van der Waals surface area contributed by atoms with E-state index in [2.05, 4.69) is 94.5 Å². The van der Waals surface area contributed by atoms with Gasteiger partial charge in [0.05, 0.1) is 0 Å². The number of anilines is 4. The summed E-state index contributed by atoms with van der Waals surface area (Å²) in [4.78, 5) is 13.6. The van der Waals surface area contributed by atoms with Crippen molar-refractivity contribution in [2.24, 2.45) is 0 Å². The molecule has 1 heterocycles. The molecule has 0 saturated carbocycles. The summed E-state index contributed by atoms with van der Waals surface area (Å²) in [5, 5.41) is 3.41. The van der Waals surface area contributed by atoms with Crippen LogP contribution in [0.3, 0.4) is 0 Å². The van der Waals surface area contributed by atoms with E-state index < -0.39 is 0 Å². The Kier molecular flexibility index (Phi) is 6.48. The van der Waals surface area contributed by atoms with Crippen LogP contribution in [0.15, 0.2) is 60.7 Å². The van der Waals surface area contributed by atoms with Crippen LogP contribution in [-0.2, 0) is 6.54 Å². The van der Waals surface area contributed by atoms with E-state index in [-0.39, 0.29) is 0 Å². The van der Waals surface area contributed by atoms with Crippen molar-refractivity contribution in [3.63, 3.8) is 0 Å². The normalized spacial score (nSPS) is 10.6. The van der Waals surface area contributed by atoms with E-state index in [1.54, 1.807) is 0 Å². The highest BCUT2D eigenvalue weighted by atomic mass is 15.2. The lowest BCUT2D eigenvalue weighted by Gasteiger charge is -2.21. The third-order valence-corrected chi connectivity index (χ3v) is 4.75. The van der Waals surface area contributed by atoms with Crippen LogP contribution in [0.25, 0.3) is 0 Å². The molecule has 28 heavy (non-hydrogen) atoms. The molecule has 2 aromatic carbocycles. The first-order valence-electron chi connectivity index (χ1n) is 9.81. The van der Waals surface area contributed by atoms with E-state index in [9.17, 15) is 0 Å². The number of rotatable bonds is 8. The van der Waals surface area contributed by atoms with Gasteiger partial charge in [0.1, 0.15) is 17.5 Å². The van der Waals surface area contributed by atoms with Crippen LogP contribution in [0.1, 0.15) is 25.2 Å². The van der Waals surface area contributed by atoms with Crippen LogP contribution >= 0.6 is 0 Å². The molecule has 5 heteroatoms. The predicted molar refractivity (Wildman–Crippen MR) is 119 cm³/mol. The van der Waals surface area contributed by atoms with Crippen molar-refractivity contribution < 1.29 is 0 Å². The molecule has 0 radical (unpaired) electrons. The first kappa shape index (κ1) is 19.7. The summed E-state index contributed by atoms with van der Waals surface area (Å²) < 4.78 is 0. The minimum atomic E-state index is 0.750. The first-order chi connectivity index (χ1) is 13.6. The van der Waals surface area contributed by atoms with E-state index in [4.69, 9.17) is 0 Å². The van der Waals surface area contributed by atoms with Crippen LogP contribution in [0.2, 0.25) is 0 Å². The molecule has 146 valence electrons.